The lowest BCUT2D eigenvalue weighted by atomic mass is 10.0. The predicted octanol–water partition coefficient (Wildman–Crippen LogP) is 8.54. The van der Waals surface area contributed by atoms with Gasteiger partial charge in [0.1, 0.15) is 6.07 Å². The van der Waals surface area contributed by atoms with E-state index in [0.29, 0.717) is 6.07 Å². The molecule has 0 saturated heterocycles. The number of hydrogen-bond acceptors (Lipinski definition) is 2. The first-order valence-electron chi connectivity index (χ1n) is 11.4. The average molecular weight is 398 g/mol. The van der Waals surface area contributed by atoms with Crippen LogP contribution in [-0.2, 0) is 4.74 Å². The summed E-state index contributed by atoms with van der Waals surface area (Å²) in [6, 6.07) is 6.06. The van der Waals surface area contributed by atoms with Gasteiger partial charge < -0.3 is 4.74 Å². The molecular formula is C24H44ClNO. The monoisotopic (exact) mass is 397 g/mol. The Morgan fingerprint density at radius 3 is 1.30 bits per heavy atom. The summed E-state index contributed by atoms with van der Waals surface area (Å²) in [4.78, 5) is 3.78. The first-order valence-corrected chi connectivity index (χ1v) is 11.9. The summed E-state index contributed by atoms with van der Waals surface area (Å²) >= 11 is 5.45. The lowest BCUT2D eigenvalue weighted by Gasteiger charge is -2.03. The molecular weight excluding hydrogens is 354 g/mol. The van der Waals surface area contributed by atoms with Crippen molar-refractivity contribution < 1.29 is 4.74 Å². The Bertz CT molecular complexity index is 303. The van der Waals surface area contributed by atoms with Crippen LogP contribution in [0.3, 0.4) is 0 Å². The molecule has 0 saturated carbocycles. The van der Waals surface area contributed by atoms with Crippen molar-refractivity contribution in [1.29, 1.82) is 0 Å². The standard InChI is InChI=1S/C19H39ClO.C5H5N/c1-2-3-4-5-6-7-8-9-10-11-12-13-14-15-16-17-18-21-19-20;1-2-4-6-5-3-1/h2-19H2,1H3;1-5H. The number of aromatic nitrogens is 1. The van der Waals surface area contributed by atoms with Crippen LogP contribution in [-0.4, -0.2) is 17.7 Å². The minimum atomic E-state index is 0.346. The molecule has 0 unspecified atom stereocenters. The molecule has 0 aliphatic rings. The SMILES string of the molecule is CCCCCCCCCCCCCCCCCCOCCl.c1ccncc1. The Balaban J connectivity index is 0.000000941. The minimum absolute atomic E-state index is 0.346. The lowest BCUT2D eigenvalue weighted by molar-refractivity contribution is 0.173. The van der Waals surface area contributed by atoms with Crippen molar-refractivity contribution in [3.63, 3.8) is 0 Å². The zero-order chi connectivity index (χ0) is 19.7. The van der Waals surface area contributed by atoms with Crippen LogP contribution in [0.5, 0.6) is 0 Å². The van der Waals surface area contributed by atoms with E-state index in [1.165, 1.54) is 103 Å². The summed E-state index contributed by atoms with van der Waals surface area (Å²) in [5.74, 6) is 0. The number of unbranched alkanes of at least 4 members (excludes halogenated alkanes) is 15. The number of ether oxygens (including phenoxy) is 1. The summed E-state index contributed by atoms with van der Waals surface area (Å²) in [5.41, 5.74) is 0. The molecule has 0 spiro atoms. The third-order valence-corrected chi connectivity index (χ3v) is 4.94. The maximum atomic E-state index is 5.45. The quantitative estimate of drug-likeness (QED) is 0.183. The smallest absolute Gasteiger partial charge is 0.120 e. The van der Waals surface area contributed by atoms with Crippen molar-refractivity contribution in [3.8, 4) is 0 Å². The van der Waals surface area contributed by atoms with E-state index in [0.717, 1.165) is 6.61 Å². The van der Waals surface area contributed by atoms with E-state index >= 15 is 0 Å². The Labute approximate surface area is 174 Å². The highest BCUT2D eigenvalue weighted by Gasteiger charge is 1.94. The highest BCUT2D eigenvalue weighted by molar-refractivity contribution is 6.17. The Hall–Kier alpha value is -0.600. The van der Waals surface area contributed by atoms with Crippen molar-refractivity contribution in [1.82, 2.24) is 4.98 Å². The van der Waals surface area contributed by atoms with Crippen molar-refractivity contribution in [3.05, 3.63) is 30.6 Å². The third-order valence-electron chi connectivity index (χ3n) is 4.79. The summed E-state index contributed by atoms with van der Waals surface area (Å²) in [5, 5.41) is 0. The first kappa shape index (κ1) is 26.4. The molecule has 3 heteroatoms. The molecule has 1 aromatic rings. The Morgan fingerprint density at radius 2 is 1.00 bits per heavy atom. The van der Waals surface area contributed by atoms with Crippen molar-refractivity contribution in [2.75, 3.05) is 12.7 Å². The lowest BCUT2D eigenvalue weighted by Crippen LogP contribution is -1.91. The molecule has 0 fully saturated rings. The van der Waals surface area contributed by atoms with Crippen molar-refractivity contribution in [2.45, 2.75) is 110 Å². The minimum Gasteiger partial charge on any atom is -0.366 e. The van der Waals surface area contributed by atoms with Gasteiger partial charge >= 0.3 is 0 Å². The highest BCUT2D eigenvalue weighted by atomic mass is 35.5. The van der Waals surface area contributed by atoms with Gasteiger partial charge in [0.15, 0.2) is 0 Å². The van der Waals surface area contributed by atoms with Gasteiger partial charge in [-0.1, -0.05) is 121 Å². The largest absolute Gasteiger partial charge is 0.366 e. The van der Waals surface area contributed by atoms with E-state index in [1.54, 1.807) is 12.4 Å². The topological polar surface area (TPSA) is 22.1 Å². The molecule has 0 aliphatic heterocycles. The first-order chi connectivity index (χ1) is 13.4. The molecule has 27 heavy (non-hydrogen) atoms. The summed E-state index contributed by atoms with van der Waals surface area (Å²) in [6.45, 7) is 3.12. The van der Waals surface area contributed by atoms with Gasteiger partial charge in [0, 0.05) is 19.0 Å². The summed E-state index contributed by atoms with van der Waals surface area (Å²) in [6.07, 6.45) is 26.1. The predicted molar refractivity (Wildman–Crippen MR) is 120 cm³/mol. The molecule has 1 heterocycles. The van der Waals surface area contributed by atoms with Gasteiger partial charge in [-0.3, -0.25) is 4.98 Å². The highest BCUT2D eigenvalue weighted by Crippen LogP contribution is 2.13. The molecule has 0 atom stereocenters. The Kier molecular flexibility index (Phi) is 24.8. The number of hydrogen-bond donors (Lipinski definition) is 0. The van der Waals surface area contributed by atoms with E-state index in [1.807, 2.05) is 18.2 Å². The average Bonchev–Trinajstić information content (AvgIpc) is 2.72. The van der Waals surface area contributed by atoms with E-state index in [2.05, 4.69) is 11.9 Å². The molecule has 0 amide bonds. The fourth-order valence-electron chi connectivity index (χ4n) is 3.12. The normalized spacial score (nSPS) is 10.4. The molecule has 2 nitrogen and oxygen atoms in total. The zero-order valence-electron chi connectivity index (χ0n) is 17.8. The van der Waals surface area contributed by atoms with Gasteiger partial charge in [0.25, 0.3) is 0 Å². The maximum Gasteiger partial charge on any atom is 0.120 e. The van der Waals surface area contributed by atoms with Crippen LogP contribution in [0.25, 0.3) is 0 Å². The maximum absolute atomic E-state index is 5.45. The van der Waals surface area contributed by atoms with Crippen LogP contribution in [0.15, 0.2) is 30.6 Å². The van der Waals surface area contributed by atoms with E-state index in [4.69, 9.17) is 16.3 Å². The van der Waals surface area contributed by atoms with Gasteiger partial charge in [0.05, 0.1) is 0 Å². The number of nitrogens with zero attached hydrogens (tertiary/aromatic N) is 1. The van der Waals surface area contributed by atoms with Crippen LogP contribution >= 0.6 is 11.6 Å². The third kappa shape index (κ3) is 25.4. The molecule has 158 valence electrons. The van der Waals surface area contributed by atoms with E-state index in [-0.39, 0.29) is 0 Å². The zero-order valence-corrected chi connectivity index (χ0v) is 18.6. The van der Waals surface area contributed by atoms with Gasteiger partial charge in [-0.25, -0.2) is 0 Å². The summed E-state index contributed by atoms with van der Waals surface area (Å²) < 4.78 is 5.12. The van der Waals surface area contributed by atoms with Gasteiger partial charge in [-0.2, -0.15) is 0 Å². The fraction of sp³-hybridized carbons (Fsp3) is 0.792. The molecule has 0 bridgehead atoms. The van der Waals surface area contributed by atoms with E-state index in [9.17, 15) is 0 Å². The molecule has 0 aromatic carbocycles. The molecule has 0 N–H and O–H groups in total. The van der Waals surface area contributed by atoms with Crippen LogP contribution in [0.4, 0.5) is 0 Å². The molecule has 1 aromatic heterocycles. The van der Waals surface area contributed by atoms with Crippen molar-refractivity contribution in [2.24, 2.45) is 0 Å². The van der Waals surface area contributed by atoms with Crippen molar-refractivity contribution >= 4 is 11.6 Å². The molecule has 0 aliphatic carbocycles. The second kappa shape index (κ2) is 25.4. The summed E-state index contributed by atoms with van der Waals surface area (Å²) in [7, 11) is 0. The van der Waals surface area contributed by atoms with Gasteiger partial charge in [-0.05, 0) is 18.6 Å². The van der Waals surface area contributed by atoms with Gasteiger partial charge in [-0.15, -0.1) is 0 Å². The Morgan fingerprint density at radius 1 is 0.593 bits per heavy atom. The number of pyridine rings is 1. The fourth-order valence-corrected chi connectivity index (χ4v) is 3.23. The second-order valence-corrected chi connectivity index (χ2v) is 7.56. The van der Waals surface area contributed by atoms with Crippen LogP contribution in [0.2, 0.25) is 0 Å². The van der Waals surface area contributed by atoms with Crippen LogP contribution < -0.4 is 0 Å². The van der Waals surface area contributed by atoms with Crippen LogP contribution in [0, 0.1) is 0 Å². The second-order valence-electron chi connectivity index (χ2n) is 7.35. The molecule has 0 radical (unpaired) electrons. The van der Waals surface area contributed by atoms with Gasteiger partial charge in [0.2, 0.25) is 0 Å². The van der Waals surface area contributed by atoms with Crippen LogP contribution in [0.1, 0.15) is 110 Å². The number of rotatable bonds is 18. The molecule has 1 rings (SSSR count). The number of alkyl halides is 1. The number of halogens is 1. The van der Waals surface area contributed by atoms with E-state index < -0.39 is 0 Å².